The lowest BCUT2D eigenvalue weighted by Gasteiger charge is -2.41. The minimum atomic E-state index is -5.22. The summed E-state index contributed by atoms with van der Waals surface area (Å²) in [5, 5.41) is 80.8. The number of ether oxygens (including phenoxy) is 2. The summed E-state index contributed by atoms with van der Waals surface area (Å²) in [4.78, 5) is 35.8. The molecule has 1 rings (SSSR count). The van der Waals surface area contributed by atoms with Crippen LogP contribution in [-0.4, -0.2) is 132 Å². The number of phosphoric acid groups is 1. The molecule has 17 heteroatoms. The lowest BCUT2D eigenvalue weighted by atomic mass is 9.85. The van der Waals surface area contributed by atoms with Crippen LogP contribution < -0.4 is 0 Å². The molecule has 0 bridgehead atoms. The summed E-state index contributed by atoms with van der Waals surface area (Å²) in [5.41, 5.74) is 0. The number of hydrogen-bond acceptors (Lipinski definition) is 15. The van der Waals surface area contributed by atoms with E-state index in [1.54, 1.807) is 42.5 Å². The lowest BCUT2D eigenvalue weighted by Crippen LogP contribution is -2.64. The molecule has 0 spiro atoms. The van der Waals surface area contributed by atoms with Gasteiger partial charge in [-0.05, 0) is 70.6 Å². The van der Waals surface area contributed by atoms with Crippen molar-refractivity contribution in [2.45, 2.75) is 203 Å². The average molecular weight is 997 g/mol. The molecular formula is C52H85O16P. The minimum absolute atomic E-state index is 0.00221. The molecule has 0 amide bonds. The Hall–Kier alpha value is -3.35. The van der Waals surface area contributed by atoms with Gasteiger partial charge in [-0.1, -0.05) is 156 Å². The van der Waals surface area contributed by atoms with Crippen molar-refractivity contribution in [3.05, 3.63) is 97.2 Å². The van der Waals surface area contributed by atoms with Crippen LogP contribution in [0.5, 0.6) is 0 Å². The van der Waals surface area contributed by atoms with Crippen LogP contribution in [-0.2, 0) is 32.7 Å². The number of hydrogen-bond donors (Lipinski definition) is 9. The van der Waals surface area contributed by atoms with E-state index in [1.807, 2.05) is 19.1 Å². The van der Waals surface area contributed by atoms with Crippen molar-refractivity contribution in [2.75, 3.05) is 13.2 Å². The van der Waals surface area contributed by atoms with E-state index in [0.29, 0.717) is 12.8 Å². The van der Waals surface area contributed by atoms with Gasteiger partial charge in [0.2, 0.25) is 0 Å². The Bertz CT molecular complexity index is 1620. The van der Waals surface area contributed by atoms with E-state index in [4.69, 9.17) is 18.5 Å². The van der Waals surface area contributed by atoms with E-state index in [0.717, 1.165) is 64.2 Å². The maximum atomic E-state index is 12.9. The van der Waals surface area contributed by atoms with E-state index in [2.05, 4.69) is 43.4 Å². The summed E-state index contributed by atoms with van der Waals surface area (Å²) in [7, 11) is -5.22. The molecule has 0 heterocycles. The Balaban J connectivity index is 2.58. The Morgan fingerprint density at radius 3 is 1.71 bits per heavy atom. The molecule has 1 aliphatic carbocycles. The molecule has 1 fully saturated rings. The number of aliphatic hydroxyl groups excluding tert-OH is 8. The first-order chi connectivity index (χ1) is 33.1. The fourth-order valence-electron chi connectivity index (χ4n) is 6.87. The fourth-order valence-corrected chi connectivity index (χ4v) is 7.84. The quantitative estimate of drug-likeness (QED) is 0.00974. The van der Waals surface area contributed by atoms with Crippen LogP contribution in [0.25, 0.3) is 0 Å². The topological polar surface area (TPSA) is 270 Å². The first-order valence-corrected chi connectivity index (χ1v) is 26.4. The second-order valence-electron chi connectivity index (χ2n) is 17.1. The molecular weight excluding hydrogens is 912 g/mol. The number of carbonyl (C=O) groups excluding carboxylic acids is 2. The van der Waals surface area contributed by atoms with Crippen LogP contribution >= 0.6 is 7.82 Å². The van der Waals surface area contributed by atoms with Gasteiger partial charge in [0.15, 0.2) is 6.10 Å². The van der Waals surface area contributed by atoms with Crippen LogP contribution in [0.2, 0.25) is 0 Å². The van der Waals surface area contributed by atoms with E-state index >= 15 is 0 Å². The second kappa shape index (κ2) is 40.3. The van der Waals surface area contributed by atoms with Gasteiger partial charge in [-0.2, -0.15) is 0 Å². The van der Waals surface area contributed by atoms with Crippen LogP contribution in [0.15, 0.2) is 97.2 Å². The Morgan fingerprint density at radius 2 is 1.10 bits per heavy atom. The molecule has 0 aliphatic heterocycles. The molecule has 0 saturated heterocycles. The van der Waals surface area contributed by atoms with Crippen LogP contribution in [0.1, 0.15) is 142 Å². The largest absolute Gasteiger partial charge is 0.472 e. The summed E-state index contributed by atoms with van der Waals surface area (Å²) in [5.74, 6) is -1.46. The van der Waals surface area contributed by atoms with Gasteiger partial charge in [-0.15, -0.1) is 0 Å². The first kappa shape index (κ1) is 63.7. The maximum Gasteiger partial charge on any atom is 0.472 e. The Morgan fingerprint density at radius 1 is 0.580 bits per heavy atom. The number of carbonyl (C=O) groups is 2. The molecule has 0 aromatic carbocycles. The number of phosphoric ester groups is 1. The fraction of sp³-hybridized carbons (Fsp3) is 0.654. The van der Waals surface area contributed by atoms with E-state index in [9.17, 15) is 59.9 Å². The molecule has 16 nitrogen and oxygen atoms in total. The van der Waals surface area contributed by atoms with Crippen molar-refractivity contribution in [3.8, 4) is 0 Å². The summed E-state index contributed by atoms with van der Waals surface area (Å²) in [6.07, 6.45) is 29.4. The zero-order valence-electron chi connectivity index (χ0n) is 40.9. The van der Waals surface area contributed by atoms with Crippen molar-refractivity contribution in [3.63, 3.8) is 0 Å². The van der Waals surface area contributed by atoms with Gasteiger partial charge in [-0.25, -0.2) is 4.57 Å². The van der Waals surface area contributed by atoms with Crippen LogP contribution in [0, 0.1) is 0 Å². The molecule has 1 aliphatic rings. The highest BCUT2D eigenvalue weighted by Gasteiger charge is 2.51. The standard InChI is InChI=1S/C52H85O16P/c1-3-5-7-8-9-10-11-12-13-14-15-16-17-18-19-20-21-22-27-31-37-46(57)67-42(40-66-69(63,64)68-52-50(61)48(59)47(58)49(60)51(52)62)39-65-45(56)38-32-36-44(55)43(54)35-30-26-24-23-25-29-34-41(53)33-28-6-4-2/h6,10-11,13-14,16-17,23-26,28-30,34-35,41-44,47-55,58-62H,3-5,7-9,12,15,18-22,27,31-33,36-40H2,1-2H3,(H,63,64)/b11-10-,14-13-,17-16-,25-23+,26-24-,28-6-,34-29+,35-30-/t41-,42-,43+,44+,47?,48-,49+,50-,51-,52?/m1/s1. The summed E-state index contributed by atoms with van der Waals surface area (Å²) in [6.45, 7) is 2.78. The van der Waals surface area contributed by atoms with E-state index in [-0.39, 0.29) is 25.7 Å². The van der Waals surface area contributed by atoms with E-state index < -0.39 is 94.0 Å². The zero-order chi connectivity index (χ0) is 51.1. The second-order valence-corrected chi connectivity index (χ2v) is 18.6. The smallest absolute Gasteiger partial charge is 0.462 e. The van der Waals surface area contributed by atoms with Gasteiger partial charge < -0.3 is 55.2 Å². The van der Waals surface area contributed by atoms with Gasteiger partial charge in [0.1, 0.15) is 43.2 Å². The first-order valence-electron chi connectivity index (χ1n) is 24.9. The number of esters is 2. The van der Waals surface area contributed by atoms with Crippen molar-refractivity contribution in [2.24, 2.45) is 0 Å². The molecule has 0 aromatic heterocycles. The summed E-state index contributed by atoms with van der Waals surface area (Å²) < 4.78 is 33.3. The molecule has 9 N–H and O–H groups in total. The number of rotatable bonds is 39. The highest BCUT2D eigenvalue weighted by atomic mass is 31.2. The predicted octanol–water partition coefficient (Wildman–Crippen LogP) is 7.14. The van der Waals surface area contributed by atoms with Gasteiger partial charge in [0.05, 0.1) is 24.9 Å². The van der Waals surface area contributed by atoms with Crippen LogP contribution in [0.4, 0.5) is 0 Å². The Kier molecular flexibility index (Phi) is 37.2. The number of aliphatic hydroxyl groups is 8. The van der Waals surface area contributed by atoms with Crippen molar-refractivity contribution < 1.29 is 78.4 Å². The number of unbranched alkanes of at least 4 members (excludes halogenated alkanes) is 10. The van der Waals surface area contributed by atoms with Crippen molar-refractivity contribution >= 4 is 19.8 Å². The molecule has 69 heavy (non-hydrogen) atoms. The summed E-state index contributed by atoms with van der Waals surface area (Å²) in [6, 6.07) is 0. The number of allylic oxidation sites excluding steroid dienone is 13. The van der Waals surface area contributed by atoms with Gasteiger partial charge >= 0.3 is 19.8 Å². The van der Waals surface area contributed by atoms with Gasteiger partial charge in [-0.3, -0.25) is 18.6 Å². The zero-order valence-corrected chi connectivity index (χ0v) is 41.8. The van der Waals surface area contributed by atoms with Crippen LogP contribution in [0.3, 0.4) is 0 Å². The molecule has 3 unspecified atom stereocenters. The maximum absolute atomic E-state index is 12.9. The molecule has 0 radical (unpaired) electrons. The predicted molar refractivity (Wildman–Crippen MR) is 266 cm³/mol. The molecule has 1 saturated carbocycles. The third-order valence-electron chi connectivity index (χ3n) is 11.0. The van der Waals surface area contributed by atoms with Gasteiger partial charge in [0.25, 0.3) is 0 Å². The Labute approximate surface area is 410 Å². The minimum Gasteiger partial charge on any atom is -0.462 e. The monoisotopic (exact) mass is 997 g/mol. The SMILES string of the molecule is CC/C=C\C[C@@H](O)/C=C/C=C/C=C\C=C/[C@H](O)[C@@H](O)CCCC(=O)OC[C@H](COP(=O)(O)OC1[C@H](O)[C@H](O)C(O)[C@H](O)[C@H]1O)OC(=O)CCCCCCCC/C=C\C/C=C\C/C=C\CCCCCC. The molecule has 394 valence electrons. The van der Waals surface area contributed by atoms with Crippen molar-refractivity contribution in [1.82, 2.24) is 0 Å². The highest BCUT2D eigenvalue weighted by Crippen LogP contribution is 2.47. The van der Waals surface area contributed by atoms with E-state index in [1.165, 1.54) is 31.8 Å². The normalized spacial score (nSPS) is 23.1. The molecule has 11 atom stereocenters. The summed E-state index contributed by atoms with van der Waals surface area (Å²) >= 11 is 0. The third kappa shape index (κ3) is 32.3. The molecule has 0 aromatic rings. The lowest BCUT2D eigenvalue weighted by molar-refractivity contribution is -0.220. The third-order valence-corrected chi connectivity index (χ3v) is 12.0. The van der Waals surface area contributed by atoms with Gasteiger partial charge in [0, 0.05) is 12.8 Å². The van der Waals surface area contributed by atoms with Crippen molar-refractivity contribution in [1.29, 1.82) is 0 Å². The average Bonchev–Trinajstić information content (AvgIpc) is 3.32. The highest BCUT2D eigenvalue weighted by molar-refractivity contribution is 7.47.